The van der Waals surface area contributed by atoms with Crippen LogP contribution in [0.2, 0.25) is 0 Å². The quantitative estimate of drug-likeness (QED) is 0.690. The molecule has 0 saturated heterocycles. The summed E-state index contributed by atoms with van der Waals surface area (Å²) in [6.07, 6.45) is 0. The zero-order chi connectivity index (χ0) is 9.68. The monoisotopic (exact) mass is 211 g/mol. The van der Waals surface area contributed by atoms with E-state index in [0.717, 1.165) is 11.4 Å². The third-order valence-electron chi connectivity index (χ3n) is 1.52. The van der Waals surface area contributed by atoms with Crippen molar-refractivity contribution in [2.45, 2.75) is 13.8 Å². The molecule has 0 saturated carbocycles. The maximum absolute atomic E-state index is 4.01. The topological polar surface area (TPSA) is 12.4 Å². The molecular formula is C10H13NS2. The standard InChI is InChI=1S/C10H13NS2/c1-4-12-7-9(11-3)10-6-5-8(2)13-10/h5-7H,3-4H2,1-2H3/b9-7-. The highest BCUT2D eigenvalue weighted by molar-refractivity contribution is 8.02. The van der Waals surface area contributed by atoms with Crippen LogP contribution in [0.25, 0.3) is 5.70 Å². The van der Waals surface area contributed by atoms with E-state index >= 15 is 0 Å². The van der Waals surface area contributed by atoms with E-state index in [9.17, 15) is 0 Å². The van der Waals surface area contributed by atoms with Gasteiger partial charge in [-0.3, -0.25) is 4.99 Å². The minimum Gasteiger partial charge on any atom is -0.263 e. The Morgan fingerprint density at radius 2 is 2.46 bits per heavy atom. The van der Waals surface area contributed by atoms with E-state index in [1.165, 1.54) is 9.75 Å². The Balaban J connectivity index is 2.84. The Morgan fingerprint density at radius 1 is 1.69 bits per heavy atom. The molecule has 0 aliphatic heterocycles. The van der Waals surface area contributed by atoms with Gasteiger partial charge in [0.25, 0.3) is 0 Å². The van der Waals surface area contributed by atoms with Crippen LogP contribution >= 0.6 is 23.1 Å². The maximum atomic E-state index is 4.01. The highest BCUT2D eigenvalue weighted by Crippen LogP contribution is 2.26. The molecule has 0 atom stereocenters. The minimum atomic E-state index is 0.991. The number of aryl methyl sites for hydroxylation is 1. The molecule has 0 spiro atoms. The number of aliphatic imine (C=N–C) groups is 1. The van der Waals surface area contributed by atoms with Crippen LogP contribution in [0.5, 0.6) is 0 Å². The van der Waals surface area contributed by atoms with Gasteiger partial charge >= 0.3 is 0 Å². The Kier molecular flexibility index (Phi) is 4.25. The van der Waals surface area contributed by atoms with Crippen molar-refractivity contribution in [3.8, 4) is 0 Å². The van der Waals surface area contributed by atoms with E-state index in [4.69, 9.17) is 0 Å². The summed E-state index contributed by atoms with van der Waals surface area (Å²) in [6.45, 7) is 7.80. The average molecular weight is 211 g/mol. The molecule has 0 N–H and O–H groups in total. The lowest BCUT2D eigenvalue weighted by atomic mass is 10.4. The first-order valence-electron chi connectivity index (χ1n) is 4.13. The highest BCUT2D eigenvalue weighted by atomic mass is 32.2. The first-order chi connectivity index (χ1) is 6.27. The molecule has 0 bridgehead atoms. The third kappa shape index (κ3) is 3.01. The molecule has 0 unspecified atom stereocenters. The summed E-state index contributed by atoms with van der Waals surface area (Å²) in [5.41, 5.74) is 0.991. The molecule has 1 nitrogen and oxygen atoms in total. The molecule has 1 aromatic rings. The van der Waals surface area contributed by atoms with Crippen molar-refractivity contribution in [2.75, 3.05) is 5.75 Å². The summed E-state index contributed by atoms with van der Waals surface area (Å²) in [6, 6.07) is 4.20. The Hall–Kier alpha value is -0.540. The zero-order valence-corrected chi connectivity index (χ0v) is 9.54. The molecule has 1 aromatic heterocycles. The predicted molar refractivity (Wildman–Crippen MR) is 64.7 cm³/mol. The van der Waals surface area contributed by atoms with Crippen molar-refractivity contribution in [2.24, 2.45) is 4.99 Å². The summed E-state index contributed by atoms with van der Waals surface area (Å²) >= 11 is 3.51. The van der Waals surface area contributed by atoms with Crippen LogP contribution in [0.3, 0.4) is 0 Å². The van der Waals surface area contributed by atoms with Gasteiger partial charge in [0.05, 0.1) is 10.6 Å². The van der Waals surface area contributed by atoms with Crippen molar-refractivity contribution in [1.82, 2.24) is 0 Å². The second kappa shape index (κ2) is 5.25. The molecule has 3 heteroatoms. The molecule has 1 rings (SSSR count). The second-order valence-corrected chi connectivity index (χ2v) is 4.96. The van der Waals surface area contributed by atoms with E-state index in [1.54, 1.807) is 23.1 Å². The second-order valence-electron chi connectivity index (χ2n) is 2.53. The van der Waals surface area contributed by atoms with E-state index in [-0.39, 0.29) is 0 Å². The fourth-order valence-corrected chi connectivity index (χ4v) is 2.36. The van der Waals surface area contributed by atoms with Crippen molar-refractivity contribution >= 4 is 35.5 Å². The number of rotatable bonds is 4. The van der Waals surface area contributed by atoms with E-state index < -0.39 is 0 Å². The number of hydrogen-bond donors (Lipinski definition) is 0. The normalized spacial score (nSPS) is 11.7. The number of thioether (sulfide) groups is 1. The van der Waals surface area contributed by atoms with Crippen molar-refractivity contribution < 1.29 is 0 Å². The average Bonchev–Trinajstić information content (AvgIpc) is 2.54. The van der Waals surface area contributed by atoms with Gasteiger partial charge in [-0.2, -0.15) is 0 Å². The van der Waals surface area contributed by atoms with Crippen LogP contribution < -0.4 is 0 Å². The Morgan fingerprint density at radius 3 is 2.92 bits per heavy atom. The van der Waals surface area contributed by atoms with Crippen LogP contribution in [0, 0.1) is 6.92 Å². The third-order valence-corrected chi connectivity index (χ3v) is 3.27. The van der Waals surface area contributed by atoms with Gasteiger partial charge in [-0.15, -0.1) is 23.1 Å². The molecular weight excluding hydrogens is 198 g/mol. The van der Waals surface area contributed by atoms with Gasteiger partial charge in [0, 0.05) is 4.88 Å². The summed E-state index contributed by atoms with van der Waals surface area (Å²) in [5.74, 6) is 1.07. The van der Waals surface area contributed by atoms with E-state index in [2.05, 4.69) is 43.1 Å². The van der Waals surface area contributed by atoms with Crippen molar-refractivity contribution in [1.29, 1.82) is 0 Å². The van der Waals surface area contributed by atoms with Gasteiger partial charge in [-0.1, -0.05) is 6.92 Å². The van der Waals surface area contributed by atoms with Crippen molar-refractivity contribution in [3.63, 3.8) is 0 Å². The van der Waals surface area contributed by atoms with E-state index in [1.807, 2.05) is 0 Å². The number of thiophene rings is 1. The minimum absolute atomic E-state index is 0.991. The fourth-order valence-electron chi connectivity index (χ4n) is 0.908. The first-order valence-corrected chi connectivity index (χ1v) is 5.99. The molecule has 0 fully saturated rings. The molecule has 70 valence electrons. The van der Waals surface area contributed by atoms with Crippen LogP contribution in [-0.2, 0) is 0 Å². The molecule has 1 heterocycles. The smallest absolute Gasteiger partial charge is 0.0857 e. The zero-order valence-electron chi connectivity index (χ0n) is 7.91. The van der Waals surface area contributed by atoms with Crippen LogP contribution in [0.15, 0.2) is 22.5 Å². The summed E-state index contributed by atoms with van der Waals surface area (Å²) < 4.78 is 0. The summed E-state index contributed by atoms with van der Waals surface area (Å²) in [7, 11) is 0. The van der Waals surface area contributed by atoms with Crippen LogP contribution in [-0.4, -0.2) is 12.5 Å². The van der Waals surface area contributed by atoms with Gasteiger partial charge in [0.15, 0.2) is 0 Å². The highest BCUT2D eigenvalue weighted by Gasteiger charge is 2.00. The molecule has 0 aromatic carbocycles. The number of nitrogens with zero attached hydrogens (tertiary/aromatic N) is 1. The SMILES string of the molecule is C=N/C(=C\SCC)c1ccc(C)s1. The lowest BCUT2D eigenvalue weighted by molar-refractivity contribution is 1.53. The Bertz CT molecular complexity index is 312. The van der Waals surface area contributed by atoms with Gasteiger partial charge in [-0.05, 0) is 36.9 Å². The summed E-state index contributed by atoms with van der Waals surface area (Å²) in [4.78, 5) is 6.52. The lowest BCUT2D eigenvalue weighted by Crippen LogP contribution is -1.72. The van der Waals surface area contributed by atoms with Gasteiger partial charge in [0.2, 0.25) is 0 Å². The van der Waals surface area contributed by atoms with Crippen LogP contribution in [0.4, 0.5) is 0 Å². The molecule has 13 heavy (non-hydrogen) atoms. The largest absolute Gasteiger partial charge is 0.263 e. The van der Waals surface area contributed by atoms with E-state index in [0.29, 0.717) is 0 Å². The Labute approximate surface area is 87.6 Å². The van der Waals surface area contributed by atoms with Crippen molar-refractivity contribution in [3.05, 3.63) is 27.3 Å². The number of hydrogen-bond acceptors (Lipinski definition) is 3. The van der Waals surface area contributed by atoms with Gasteiger partial charge in [0.1, 0.15) is 0 Å². The molecule has 0 amide bonds. The molecule has 0 aliphatic carbocycles. The van der Waals surface area contributed by atoms with Crippen LogP contribution in [0.1, 0.15) is 16.7 Å². The fraction of sp³-hybridized carbons (Fsp3) is 0.300. The summed E-state index contributed by atoms with van der Waals surface area (Å²) in [5, 5.41) is 2.07. The lowest BCUT2D eigenvalue weighted by Gasteiger charge is -1.95. The predicted octanol–water partition coefficient (Wildman–Crippen LogP) is 3.81. The molecule has 0 aliphatic rings. The van der Waals surface area contributed by atoms with Gasteiger partial charge < -0.3 is 0 Å². The van der Waals surface area contributed by atoms with Gasteiger partial charge in [-0.25, -0.2) is 0 Å². The maximum Gasteiger partial charge on any atom is 0.0857 e. The molecule has 0 radical (unpaired) electrons. The first kappa shape index (κ1) is 10.5.